The summed E-state index contributed by atoms with van der Waals surface area (Å²) in [4.78, 5) is 27.4. The highest BCUT2D eigenvalue weighted by molar-refractivity contribution is 6.30. The molecule has 0 fully saturated rings. The summed E-state index contributed by atoms with van der Waals surface area (Å²) in [6.45, 7) is 7.78. The molecule has 36 heavy (non-hydrogen) atoms. The van der Waals surface area contributed by atoms with Crippen LogP contribution in [0.2, 0.25) is 5.02 Å². The first-order valence-corrected chi connectivity index (χ1v) is 12.0. The number of hydrogen-bond donors (Lipinski definition) is 1. The van der Waals surface area contributed by atoms with Crippen molar-refractivity contribution in [2.45, 2.75) is 32.4 Å². The van der Waals surface area contributed by atoms with Gasteiger partial charge in [0.15, 0.2) is 23.0 Å². The van der Waals surface area contributed by atoms with E-state index in [9.17, 15) is 14.7 Å². The lowest BCUT2D eigenvalue weighted by Crippen LogP contribution is -2.57. The van der Waals surface area contributed by atoms with Crippen LogP contribution in [0.1, 0.15) is 47.9 Å². The van der Waals surface area contributed by atoms with Crippen LogP contribution in [-0.2, 0) is 0 Å². The van der Waals surface area contributed by atoms with Crippen LogP contribution in [0.25, 0.3) is 0 Å². The van der Waals surface area contributed by atoms with E-state index in [4.69, 9.17) is 16.3 Å². The maximum atomic E-state index is 15.2. The van der Waals surface area contributed by atoms with Gasteiger partial charge in [0.05, 0.1) is 17.7 Å². The number of benzene rings is 2. The first-order chi connectivity index (χ1) is 17.3. The third-order valence-electron chi connectivity index (χ3n) is 6.26. The SMILES string of the molecule is C=C[C@@H](CC)N1CN([C@H](c2ccccc2)c2ccc(Cl)c(F)c2OCC)n2ccc(=O)c(O)c2C1=O. The number of fused-ring (bicyclic) bond motifs is 1. The number of halogens is 2. The summed E-state index contributed by atoms with van der Waals surface area (Å²) in [5.41, 5.74) is 0.384. The van der Waals surface area contributed by atoms with E-state index >= 15 is 4.39 Å². The number of ether oxygens (including phenoxy) is 1. The van der Waals surface area contributed by atoms with Crippen LogP contribution < -0.4 is 15.2 Å². The van der Waals surface area contributed by atoms with Gasteiger partial charge in [-0.15, -0.1) is 6.58 Å². The van der Waals surface area contributed by atoms with E-state index in [1.54, 1.807) is 24.1 Å². The van der Waals surface area contributed by atoms with Crippen LogP contribution in [0.4, 0.5) is 4.39 Å². The van der Waals surface area contributed by atoms with Crippen LogP contribution in [0.3, 0.4) is 0 Å². The van der Waals surface area contributed by atoms with Gasteiger partial charge in [0.1, 0.15) is 12.7 Å². The Hall–Kier alpha value is -3.78. The highest BCUT2D eigenvalue weighted by atomic mass is 35.5. The summed E-state index contributed by atoms with van der Waals surface area (Å²) >= 11 is 6.09. The quantitative estimate of drug-likeness (QED) is 0.438. The topological polar surface area (TPSA) is 75.0 Å². The molecule has 7 nitrogen and oxygen atoms in total. The molecule has 1 aliphatic rings. The minimum Gasteiger partial charge on any atom is -0.502 e. The monoisotopic (exact) mass is 511 g/mol. The molecule has 1 aromatic heterocycles. The molecule has 9 heteroatoms. The number of carbonyl (C=O) groups is 1. The van der Waals surface area contributed by atoms with E-state index in [2.05, 4.69) is 6.58 Å². The second-order valence-corrected chi connectivity index (χ2v) is 8.72. The number of rotatable bonds is 8. The number of carbonyl (C=O) groups excluding carboxylic acids is 1. The van der Waals surface area contributed by atoms with E-state index in [0.717, 1.165) is 5.56 Å². The minimum absolute atomic E-state index is 0.00937. The summed E-state index contributed by atoms with van der Waals surface area (Å²) in [5.74, 6) is -1.87. The predicted octanol–water partition coefficient (Wildman–Crippen LogP) is 4.85. The van der Waals surface area contributed by atoms with Gasteiger partial charge in [0, 0.05) is 17.8 Å². The molecule has 188 valence electrons. The van der Waals surface area contributed by atoms with Crippen LogP contribution in [0.15, 0.2) is 72.2 Å². The Morgan fingerprint density at radius 2 is 1.89 bits per heavy atom. The lowest BCUT2D eigenvalue weighted by atomic mass is 9.96. The van der Waals surface area contributed by atoms with Crippen molar-refractivity contribution in [1.82, 2.24) is 9.58 Å². The molecule has 1 N–H and O–H groups in total. The van der Waals surface area contributed by atoms with Crippen molar-refractivity contribution in [3.05, 3.63) is 105 Å². The molecule has 0 bridgehead atoms. The molecule has 2 heterocycles. The van der Waals surface area contributed by atoms with E-state index in [-0.39, 0.29) is 35.8 Å². The smallest absolute Gasteiger partial charge is 0.278 e. The second-order valence-electron chi connectivity index (χ2n) is 8.31. The maximum Gasteiger partial charge on any atom is 0.278 e. The average Bonchev–Trinajstić information content (AvgIpc) is 2.88. The number of amides is 1. The Kier molecular flexibility index (Phi) is 7.35. The number of aromatic hydroxyl groups is 1. The highest BCUT2D eigenvalue weighted by Crippen LogP contribution is 2.40. The number of nitrogens with zero attached hydrogens (tertiary/aromatic N) is 3. The van der Waals surface area contributed by atoms with Gasteiger partial charge in [0.25, 0.3) is 5.91 Å². The molecule has 1 amide bonds. The van der Waals surface area contributed by atoms with Crippen molar-refractivity contribution in [3.63, 3.8) is 0 Å². The fourth-order valence-corrected chi connectivity index (χ4v) is 4.68. The average molecular weight is 512 g/mol. The zero-order valence-electron chi connectivity index (χ0n) is 20.0. The van der Waals surface area contributed by atoms with Gasteiger partial charge in [-0.1, -0.05) is 61.0 Å². The number of pyridine rings is 1. The fourth-order valence-electron chi connectivity index (χ4n) is 4.53. The van der Waals surface area contributed by atoms with Gasteiger partial charge >= 0.3 is 0 Å². The molecule has 0 unspecified atom stereocenters. The molecule has 2 aromatic carbocycles. The molecule has 3 aromatic rings. The van der Waals surface area contributed by atoms with Crippen molar-refractivity contribution in [2.24, 2.45) is 0 Å². The van der Waals surface area contributed by atoms with Gasteiger partial charge in [-0.2, -0.15) is 0 Å². The molecule has 0 radical (unpaired) electrons. The highest BCUT2D eigenvalue weighted by Gasteiger charge is 2.39. The fraction of sp³-hybridized carbons (Fsp3) is 0.259. The lowest BCUT2D eigenvalue weighted by Gasteiger charge is -2.46. The largest absolute Gasteiger partial charge is 0.502 e. The van der Waals surface area contributed by atoms with E-state index in [0.29, 0.717) is 12.0 Å². The van der Waals surface area contributed by atoms with Crippen molar-refractivity contribution in [3.8, 4) is 11.5 Å². The third-order valence-corrected chi connectivity index (χ3v) is 6.55. The van der Waals surface area contributed by atoms with E-state index < -0.39 is 28.9 Å². The van der Waals surface area contributed by atoms with Crippen molar-refractivity contribution in [1.29, 1.82) is 0 Å². The summed E-state index contributed by atoms with van der Waals surface area (Å²) in [7, 11) is 0. The Morgan fingerprint density at radius 3 is 2.53 bits per heavy atom. The Morgan fingerprint density at radius 1 is 1.17 bits per heavy atom. The van der Waals surface area contributed by atoms with Gasteiger partial charge < -0.3 is 14.7 Å². The molecule has 4 rings (SSSR count). The van der Waals surface area contributed by atoms with Crippen LogP contribution in [-0.4, -0.2) is 39.9 Å². The Balaban J connectivity index is 2.03. The Labute approximate surface area is 213 Å². The molecule has 2 atom stereocenters. The van der Waals surface area contributed by atoms with Crippen molar-refractivity contribution < 1.29 is 19.0 Å². The predicted molar refractivity (Wildman–Crippen MR) is 137 cm³/mol. The van der Waals surface area contributed by atoms with Gasteiger partial charge in [-0.25, -0.2) is 4.39 Å². The van der Waals surface area contributed by atoms with Gasteiger partial charge in [0.2, 0.25) is 5.43 Å². The van der Waals surface area contributed by atoms with E-state index in [1.165, 1.54) is 27.9 Å². The third kappa shape index (κ3) is 4.33. The Bertz CT molecular complexity index is 1340. The lowest BCUT2D eigenvalue weighted by molar-refractivity contribution is 0.0626. The molecule has 0 saturated heterocycles. The molecular weight excluding hydrogens is 485 g/mol. The molecule has 0 aliphatic carbocycles. The summed E-state index contributed by atoms with van der Waals surface area (Å²) < 4.78 is 22.4. The molecule has 0 saturated carbocycles. The number of aromatic nitrogens is 1. The molecule has 0 spiro atoms. The van der Waals surface area contributed by atoms with Gasteiger partial charge in [-0.05, 0) is 25.0 Å². The zero-order valence-corrected chi connectivity index (χ0v) is 20.8. The zero-order chi connectivity index (χ0) is 26.0. The van der Waals surface area contributed by atoms with Crippen molar-refractivity contribution >= 4 is 17.5 Å². The minimum atomic E-state index is -0.692. The second kappa shape index (κ2) is 10.5. The maximum absolute atomic E-state index is 15.2. The summed E-state index contributed by atoms with van der Waals surface area (Å²) in [5, 5.41) is 12.4. The molecular formula is C27H27ClFN3O4. The first-order valence-electron chi connectivity index (χ1n) is 11.6. The number of hydrogen-bond acceptors (Lipinski definition) is 5. The van der Waals surface area contributed by atoms with Crippen LogP contribution >= 0.6 is 11.6 Å². The normalized spacial score (nSPS) is 14.8. The summed E-state index contributed by atoms with van der Waals surface area (Å²) in [6, 6.07) is 12.6. The molecule has 1 aliphatic heterocycles. The van der Waals surface area contributed by atoms with Gasteiger partial charge in [-0.3, -0.25) is 19.3 Å². The van der Waals surface area contributed by atoms with Crippen LogP contribution in [0, 0.1) is 5.82 Å². The van der Waals surface area contributed by atoms with Crippen LogP contribution in [0.5, 0.6) is 11.5 Å². The standard InChI is InChI=1S/C27H27ClFN3O4/c1-4-18(5-2)30-16-32(31-15-14-21(33)25(34)24(31)27(30)35)23(17-10-8-7-9-11-17)19-12-13-20(28)22(29)26(19)36-6-3/h4,7-15,18,23,34H,1,5-6,16H2,2-3H3/t18-,23+/m0/s1. The van der Waals surface area contributed by atoms with Crippen molar-refractivity contribution in [2.75, 3.05) is 18.3 Å². The first kappa shape index (κ1) is 25.3. The van der Waals surface area contributed by atoms with E-state index in [1.807, 2.05) is 37.3 Å². The summed E-state index contributed by atoms with van der Waals surface area (Å²) in [6.07, 6.45) is 3.65.